The Morgan fingerprint density at radius 2 is 1.78 bits per heavy atom. The van der Waals surface area contributed by atoms with Crippen molar-refractivity contribution in [3.05, 3.63) is 29.8 Å². The van der Waals surface area contributed by atoms with Gasteiger partial charge in [-0.25, -0.2) is 0 Å². The van der Waals surface area contributed by atoms with Gasteiger partial charge in [-0.2, -0.15) is 8.42 Å². The van der Waals surface area contributed by atoms with Crippen LogP contribution < -0.4 is 5.73 Å². The average Bonchev–Trinajstić information content (AvgIpc) is 2.27. The first-order chi connectivity index (χ1) is 8.19. The predicted molar refractivity (Wildman–Crippen MR) is 67.6 cm³/mol. The third-order valence-corrected chi connectivity index (χ3v) is 3.97. The quantitative estimate of drug-likeness (QED) is 0.807. The monoisotopic (exact) mass is 271 g/mol. The summed E-state index contributed by atoms with van der Waals surface area (Å²) in [6.07, 6.45) is 0. The molecule has 0 bridgehead atoms. The molecule has 0 spiro atoms. The molecule has 0 radical (unpaired) electrons. The van der Waals surface area contributed by atoms with E-state index in [0.717, 1.165) is 5.56 Å². The minimum absolute atomic E-state index is 0.0194. The van der Waals surface area contributed by atoms with Crippen molar-refractivity contribution >= 4 is 15.9 Å². The summed E-state index contributed by atoms with van der Waals surface area (Å²) in [7, 11) is -3.97. The lowest BCUT2D eigenvalue weighted by molar-refractivity contribution is -0.130. The van der Waals surface area contributed by atoms with Gasteiger partial charge < -0.3 is 5.73 Å². The van der Waals surface area contributed by atoms with Crippen LogP contribution in [-0.2, 0) is 19.1 Å². The van der Waals surface area contributed by atoms with Crippen molar-refractivity contribution in [1.29, 1.82) is 0 Å². The van der Waals surface area contributed by atoms with E-state index in [1.165, 1.54) is 26.0 Å². The maximum absolute atomic E-state index is 12.0. The van der Waals surface area contributed by atoms with Crippen LogP contribution in [0, 0.1) is 6.92 Å². The lowest BCUT2D eigenvalue weighted by Gasteiger charge is -2.22. The van der Waals surface area contributed by atoms with Crippen LogP contribution in [0.25, 0.3) is 0 Å². The standard InChI is InChI=1S/C12H17NO4S/c1-9-4-6-10(7-5-9)18(15,16)17-12(2,3)11(14)8-13/h4-7H,8,13H2,1-3H3. The number of aryl methyl sites for hydroxylation is 1. The molecule has 0 aliphatic heterocycles. The van der Waals surface area contributed by atoms with Crippen molar-refractivity contribution in [2.45, 2.75) is 31.3 Å². The zero-order valence-electron chi connectivity index (χ0n) is 10.6. The SMILES string of the molecule is Cc1ccc(S(=O)(=O)OC(C)(C)C(=O)CN)cc1. The number of nitrogens with two attached hydrogens (primary N) is 1. The molecule has 6 heteroatoms. The third kappa shape index (κ3) is 3.38. The van der Waals surface area contributed by atoms with E-state index in [0.29, 0.717) is 0 Å². The van der Waals surface area contributed by atoms with Gasteiger partial charge >= 0.3 is 0 Å². The molecule has 0 atom stereocenters. The van der Waals surface area contributed by atoms with Gasteiger partial charge in [0.05, 0.1) is 11.4 Å². The van der Waals surface area contributed by atoms with Gasteiger partial charge in [0.25, 0.3) is 10.1 Å². The molecular formula is C12H17NO4S. The fourth-order valence-electron chi connectivity index (χ4n) is 1.32. The molecule has 0 aliphatic rings. The molecule has 1 rings (SSSR count). The van der Waals surface area contributed by atoms with Crippen LogP contribution in [0.5, 0.6) is 0 Å². The zero-order valence-corrected chi connectivity index (χ0v) is 11.5. The third-order valence-electron chi connectivity index (χ3n) is 2.48. The average molecular weight is 271 g/mol. The van der Waals surface area contributed by atoms with Crippen molar-refractivity contribution in [2.24, 2.45) is 5.73 Å². The number of rotatable bonds is 5. The molecule has 0 heterocycles. The Morgan fingerprint density at radius 3 is 2.22 bits per heavy atom. The van der Waals surface area contributed by atoms with Gasteiger partial charge in [-0.05, 0) is 32.9 Å². The largest absolute Gasteiger partial charge is 0.324 e. The smallest absolute Gasteiger partial charge is 0.297 e. The molecule has 0 aliphatic carbocycles. The molecule has 1 aromatic rings. The summed E-state index contributed by atoms with van der Waals surface area (Å²) >= 11 is 0. The van der Waals surface area contributed by atoms with Crippen molar-refractivity contribution in [2.75, 3.05) is 6.54 Å². The molecule has 0 saturated carbocycles. The molecule has 0 amide bonds. The summed E-state index contributed by atoms with van der Waals surface area (Å²) in [5.74, 6) is -0.474. The highest BCUT2D eigenvalue weighted by Gasteiger charge is 2.33. The first-order valence-corrected chi connectivity index (χ1v) is 6.85. The van der Waals surface area contributed by atoms with E-state index < -0.39 is 21.5 Å². The van der Waals surface area contributed by atoms with Crippen LogP contribution >= 0.6 is 0 Å². The van der Waals surface area contributed by atoms with Crippen LogP contribution in [0.1, 0.15) is 19.4 Å². The Kier molecular flexibility index (Phi) is 4.26. The summed E-state index contributed by atoms with van der Waals surface area (Å²) in [5, 5.41) is 0. The first-order valence-electron chi connectivity index (χ1n) is 5.45. The molecule has 18 heavy (non-hydrogen) atoms. The van der Waals surface area contributed by atoms with E-state index in [1.54, 1.807) is 12.1 Å². The van der Waals surface area contributed by atoms with E-state index in [2.05, 4.69) is 0 Å². The van der Waals surface area contributed by atoms with E-state index >= 15 is 0 Å². The number of ketones is 1. The molecule has 5 nitrogen and oxygen atoms in total. The Labute approximate surface area is 107 Å². The van der Waals surface area contributed by atoms with Crippen LogP contribution in [0.15, 0.2) is 29.2 Å². The number of hydrogen-bond donors (Lipinski definition) is 1. The second kappa shape index (κ2) is 5.17. The van der Waals surface area contributed by atoms with Crippen molar-refractivity contribution in [3.63, 3.8) is 0 Å². The Bertz CT molecular complexity index is 532. The number of carbonyl (C=O) groups is 1. The highest BCUT2D eigenvalue weighted by molar-refractivity contribution is 7.86. The lowest BCUT2D eigenvalue weighted by Crippen LogP contribution is -2.41. The molecule has 100 valence electrons. The van der Waals surface area contributed by atoms with Gasteiger partial charge in [-0.3, -0.25) is 8.98 Å². The molecule has 2 N–H and O–H groups in total. The second-order valence-electron chi connectivity index (χ2n) is 4.49. The maximum Gasteiger partial charge on any atom is 0.297 e. The molecule has 0 fully saturated rings. The fourth-order valence-corrected chi connectivity index (χ4v) is 2.53. The van der Waals surface area contributed by atoms with Gasteiger partial charge in [-0.1, -0.05) is 17.7 Å². The van der Waals surface area contributed by atoms with Gasteiger partial charge in [0, 0.05) is 0 Å². The van der Waals surface area contributed by atoms with Gasteiger partial charge in [-0.15, -0.1) is 0 Å². The van der Waals surface area contributed by atoms with Crippen LogP contribution in [0.2, 0.25) is 0 Å². The maximum atomic E-state index is 12.0. The Hall–Kier alpha value is -1.24. The number of benzene rings is 1. The normalized spacial score (nSPS) is 12.4. The second-order valence-corrected chi connectivity index (χ2v) is 6.03. The number of hydrogen-bond acceptors (Lipinski definition) is 5. The Morgan fingerprint density at radius 1 is 1.28 bits per heavy atom. The summed E-state index contributed by atoms with van der Waals surface area (Å²) < 4.78 is 28.9. The van der Waals surface area contributed by atoms with Crippen molar-refractivity contribution in [1.82, 2.24) is 0 Å². The topological polar surface area (TPSA) is 86.5 Å². The van der Waals surface area contributed by atoms with E-state index in [1.807, 2.05) is 6.92 Å². The van der Waals surface area contributed by atoms with E-state index in [-0.39, 0.29) is 11.4 Å². The Balaban J connectivity index is 3.02. The summed E-state index contributed by atoms with van der Waals surface area (Å²) in [6.45, 7) is 4.34. The predicted octanol–water partition coefficient (Wildman–Crippen LogP) is 1.01. The lowest BCUT2D eigenvalue weighted by atomic mass is 10.1. The van der Waals surface area contributed by atoms with Crippen LogP contribution in [0.3, 0.4) is 0 Å². The van der Waals surface area contributed by atoms with Crippen molar-refractivity contribution < 1.29 is 17.4 Å². The minimum Gasteiger partial charge on any atom is -0.324 e. The van der Waals surface area contributed by atoms with Crippen LogP contribution in [-0.4, -0.2) is 26.3 Å². The molecule has 0 unspecified atom stereocenters. The van der Waals surface area contributed by atoms with E-state index in [9.17, 15) is 13.2 Å². The van der Waals surface area contributed by atoms with Gasteiger partial charge in [0.2, 0.25) is 0 Å². The molecule has 0 aromatic heterocycles. The molecular weight excluding hydrogens is 254 g/mol. The first kappa shape index (κ1) is 14.8. The number of carbonyl (C=O) groups excluding carboxylic acids is 1. The molecule has 0 saturated heterocycles. The summed E-state index contributed by atoms with van der Waals surface area (Å²) in [6, 6.07) is 6.20. The van der Waals surface area contributed by atoms with Crippen molar-refractivity contribution in [3.8, 4) is 0 Å². The van der Waals surface area contributed by atoms with E-state index in [4.69, 9.17) is 9.92 Å². The number of Topliss-reactive ketones (excluding diaryl/α,β-unsaturated/α-hetero) is 1. The summed E-state index contributed by atoms with van der Waals surface area (Å²) in [4.78, 5) is 11.5. The van der Waals surface area contributed by atoms with Crippen LogP contribution in [0.4, 0.5) is 0 Å². The summed E-state index contributed by atoms with van der Waals surface area (Å²) in [5.41, 5.74) is 4.69. The van der Waals surface area contributed by atoms with Gasteiger partial charge in [0.1, 0.15) is 5.60 Å². The highest BCUT2D eigenvalue weighted by Crippen LogP contribution is 2.21. The molecule has 1 aromatic carbocycles. The zero-order chi connectivity index (χ0) is 14.0. The minimum atomic E-state index is -3.97. The highest BCUT2D eigenvalue weighted by atomic mass is 32.2. The van der Waals surface area contributed by atoms with Gasteiger partial charge in [0.15, 0.2) is 5.78 Å². The fraction of sp³-hybridized carbons (Fsp3) is 0.417.